The van der Waals surface area contributed by atoms with Crippen molar-refractivity contribution in [3.05, 3.63) is 82.5 Å². The fraction of sp³-hybridized carbons (Fsp3) is 0.452. The van der Waals surface area contributed by atoms with E-state index in [2.05, 4.69) is 36.5 Å². The molecule has 0 bridgehead atoms. The Morgan fingerprint density at radius 3 is 1.90 bits per heavy atom. The highest BCUT2D eigenvalue weighted by atomic mass is 19.1. The van der Waals surface area contributed by atoms with Gasteiger partial charge in [0.25, 0.3) is 5.91 Å². The van der Waals surface area contributed by atoms with Crippen molar-refractivity contribution < 1.29 is 23.5 Å². The van der Waals surface area contributed by atoms with Gasteiger partial charge >= 0.3 is 0 Å². The van der Waals surface area contributed by atoms with Gasteiger partial charge in [0.2, 0.25) is 5.91 Å². The molecule has 0 spiro atoms. The summed E-state index contributed by atoms with van der Waals surface area (Å²) in [5.41, 5.74) is 0.875. The van der Waals surface area contributed by atoms with Gasteiger partial charge in [-0.2, -0.15) is 5.10 Å². The number of benzene rings is 2. The lowest BCUT2D eigenvalue weighted by Gasteiger charge is -2.25. The molecule has 2 atom stereocenters. The van der Waals surface area contributed by atoms with Crippen molar-refractivity contribution in [3.8, 4) is 0 Å². The number of rotatable bonds is 7. The lowest BCUT2D eigenvalue weighted by atomic mass is 9.81. The Morgan fingerprint density at radius 2 is 1.40 bits per heavy atom. The predicted molar refractivity (Wildman–Crippen MR) is 152 cm³/mol. The summed E-state index contributed by atoms with van der Waals surface area (Å²) < 4.78 is 29.6. The van der Waals surface area contributed by atoms with Gasteiger partial charge in [-0.3, -0.25) is 9.59 Å². The molecule has 0 aliphatic carbocycles. The van der Waals surface area contributed by atoms with E-state index < -0.39 is 46.5 Å². The van der Waals surface area contributed by atoms with Crippen LogP contribution in [0.5, 0.6) is 0 Å². The number of aliphatic hydroxyl groups excluding tert-OH is 1. The number of aromatic nitrogens is 2. The van der Waals surface area contributed by atoms with Crippen molar-refractivity contribution in [1.29, 1.82) is 0 Å². The predicted octanol–water partition coefficient (Wildman–Crippen LogP) is 5.72. The zero-order valence-corrected chi connectivity index (χ0v) is 24.7. The van der Waals surface area contributed by atoms with E-state index in [1.54, 1.807) is 36.7 Å². The van der Waals surface area contributed by atoms with E-state index in [1.165, 1.54) is 19.1 Å². The summed E-state index contributed by atoms with van der Waals surface area (Å²) in [6.07, 6.45) is -1.44. The van der Waals surface area contributed by atoms with Crippen molar-refractivity contribution in [2.75, 3.05) is 5.32 Å². The highest BCUT2D eigenvalue weighted by Gasteiger charge is 2.32. The number of aliphatic hydroxyl groups is 1. The molecule has 0 saturated carbocycles. The maximum atomic E-state index is 14.0. The molecule has 3 rings (SSSR count). The summed E-state index contributed by atoms with van der Waals surface area (Å²) >= 11 is 0. The van der Waals surface area contributed by atoms with Crippen LogP contribution in [0.1, 0.15) is 90.8 Å². The smallest absolute Gasteiger partial charge is 0.254 e. The van der Waals surface area contributed by atoms with Crippen LogP contribution in [0.4, 0.5) is 14.6 Å². The van der Waals surface area contributed by atoms with E-state index in [9.17, 15) is 23.5 Å². The number of carbonyl (C=O) groups excluding carboxylic acids is 2. The molecule has 2 amide bonds. The Kier molecular flexibility index (Phi) is 8.60. The molecule has 0 saturated heterocycles. The van der Waals surface area contributed by atoms with E-state index >= 15 is 0 Å². The summed E-state index contributed by atoms with van der Waals surface area (Å²) in [5, 5.41) is 20.6. The molecular weight excluding hydrogens is 514 g/mol. The van der Waals surface area contributed by atoms with Crippen molar-refractivity contribution in [2.45, 2.75) is 90.8 Å². The zero-order valence-electron chi connectivity index (χ0n) is 24.7. The van der Waals surface area contributed by atoms with Crippen LogP contribution in [0.25, 0.3) is 0 Å². The van der Waals surface area contributed by atoms with Crippen LogP contribution in [0.3, 0.4) is 0 Å². The van der Waals surface area contributed by atoms with Gasteiger partial charge in [-0.15, -0.1) is 0 Å². The molecule has 9 heteroatoms. The number of anilines is 1. The number of nitrogens with one attached hydrogen (secondary N) is 2. The first-order valence-corrected chi connectivity index (χ1v) is 13.3. The minimum atomic E-state index is -1.44. The molecule has 0 aliphatic heterocycles. The van der Waals surface area contributed by atoms with Crippen LogP contribution in [-0.2, 0) is 26.0 Å². The molecule has 7 nitrogen and oxygen atoms in total. The standard InChI is InChI=1S/C31H40F2N4O3/c1-18(34-28(40)26(38)19-10-12-20(13-11-19)29(2,3)4)27(39)35-25-17-24(36-37(25)30(5,6)7)31(8,9)21-14-22(32)16-23(33)15-21/h10-18,26,38H,1-9H3,(H,34,40)(H,35,39)/t18?,26-/m0/s1. The molecule has 2 aromatic carbocycles. The van der Waals surface area contributed by atoms with Crippen molar-refractivity contribution in [3.63, 3.8) is 0 Å². The number of amides is 2. The first-order chi connectivity index (χ1) is 18.3. The van der Waals surface area contributed by atoms with Crippen LogP contribution < -0.4 is 10.6 Å². The number of hydrogen-bond acceptors (Lipinski definition) is 4. The van der Waals surface area contributed by atoms with E-state index in [-0.39, 0.29) is 5.41 Å². The van der Waals surface area contributed by atoms with Crippen LogP contribution in [-0.4, -0.2) is 32.7 Å². The Labute approximate surface area is 235 Å². The van der Waals surface area contributed by atoms with Gasteiger partial charge in [0.15, 0.2) is 6.10 Å². The van der Waals surface area contributed by atoms with Gasteiger partial charge in [-0.1, -0.05) is 58.9 Å². The van der Waals surface area contributed by atoms with Gasteiger partial charge in [-0.25, -0.2) is 13.5 Å². The molecule has 40 heavy (non-hydrogen) atoms. The maximum Gasteiger partial charge on any atom is 0.254 e. The van der Waals surface area contributed by atoms with Crippen LogP contribution in [0.2, 0.25) is 0 Å². The molecule has 1 aromatic heterocycles. The first kappa shape index (κ1) is 30.9. The summed E-state index contributed by atoms with van der Waals surface area (Å²) in [6.45, 7) is 17.0. The molecule has 1 unspecified atom stereocenters. The second-order valence-corrected chi connectivity index (χ2v) is 12.8. The quantitative estimate of drug-likeness (QED) is 0.348. The Bertz CT molecular complexity index is 1360. The second kappa shape index (κ2) is 11.1. The van der Waals surface area contributed by atoms with Gasteiger partial charge in [0.05, 0.1) is 11.2 Å². The minimum absolute atomic E-state index is 0.0690. The summed E-state index contributed by atoms with van der Waals surface area (Å²) in [6, 6.07) is 11.1. The molecule has 0 aliphatic rings. The van der Waals surface area contributed by atoms with Gasteiger partial charge in [0, 0.05) is 17.5 Å². The fourth-order valence-corrected chi connectivity index (χ4v) is 4.26. The van der Waals surface area contributed by atoms with E-state index in [0.29, 0.717) is 22.6 Å². The van der Waals surface area contributed by atoms with Crippen LogP contribution in [0.15, 0.2) is 48.5 Å². The second-order valence-electron chi connectivity index (χ2n) is 12.8. The van der Waals surface area contributed by atoms with Crippen molar-refractivity contribution in [2.24, 2.45) is 0 Å². The molecule has 1 heterocycles. The minimum Gasteiger partial charge on any atom is -0.378 e. The van der Waals surface area contributed by atoms with Crippen LogP contribution in [0, 0.1) is 11.6 Å². The van der Waals surface area contributed by atoms with E-state index in [1.807, 2.05) is 32.9 Å². The lowest BCUT2D eigenvalue weighted by molar-refractivity contribution is -0.132. The summed E-state index contributed by atoms with van der Waals surface area (Å²) in [5.74, 6) is -2.25. The maximum absolute atomic E-state index is 14.0. The van der Waals surface area contributed by atoms with Crippen molar-refractivity contribution >= 4 is 17.6 Å². The number of halogens is 2. The number of carbonyl (C=O) groups is 2. The summed E-state index contributed by atoms with van der Waals surface area (Å²) in [7, 11) is 0. The highest BCUT2D eigenvalue weighted by molar-refractivity contribution is 5.97. The molecular formula is C31H40F2N4O3. The van der Waals surface area contributed by atoms with Gasteiger partial charge < -0.3 is 15.7 Å². The SMILES string of the molecule is CC(NC(=O)[C@@H](O)c1ccc(C(C)(C)C)cc1)C(=O)Nc1cc(C(C)(C)c2cc(F)cc(F)c2)nn1C(C)(C)C. The molecule has 0 radical (unpaired) electrons. The Morgan fingerprint density at radius 1 is 0.850 bits per heavy atom. The summed E-state index contributed by atoms with van der Waals surface area (Å²) in [4.78, 5) is 25.9. The lowest BCUT2D eigenvalue weighted by Crippen LogP contribution is -2.44. The van der Waals surface area contributed by atoms with Crippen LogP contribution >= 0.6 is 0 Å². The van der Waals surface area contributed by atoms with E-state index in [4.69, 9.17) is 0 Å². The third-order valence-corrected chi connectivity index (χ3v) is 6.91. The topological polar surface area (TPSA) is 96.2 Å². The molecule has 216 valence electrons. The normalized spacial score (nSPS) is 14.0. The van der Waals surface area contributed by atoms with E-state index in [0.717, 1.165) is 11.6 Å². The largest absolute Gasteiger partial charge is 0.378 e. The van der Waals surface area contributed by atoms with Crippen molar-refractivity contribution in [1.82, 2.24) is 15.1 Å². The molecule has 3 aromatic rings. The third-order valence-electron chi connectivity index (χ3n) is 6.91. The third kappa shape index (κ3) is 6.94. The average molecular weight is 555 g/mol. The number of hydrogen-bond donors (Lipinski definition) is 3. The zero-order chi connectivity index (χ0) is 30.2. The molecule has 0 fully saturated rings. The molecule has 3 N–H and O–H groups in total. The fourth-order valence-electron chi connectivity index (χ4n) is 4.26. The van der Waals surface area contributed by atoms with Gasteiger partial charge in [0.1, 0.15) is 23.5 Å². The first-order valence-electron chi connectivity index (χ1n) is 13.3. The Hall–Kier alpha value is -3.59. The Balaban J connectivity index is 1.79. The highest BCUT2D eigenvalue weighted by Crippen LogP contribution is 2.34. The van der Waals surface area contributed by atoms with Gasteiger partial charge in [-0.05, 0) is 61.9 Å². The monoisotopic (exact) mass is 554 g/mol. The average Bonchev–Trinajstić information content (AvgIpc) is 3.27. The number of nitrogens with zero attached hydrogens (tertiary/aromatic N) is 2.